The van der Waals surface area contributed by atoms with Gasteiger partial charge in [-0.3, -0.25) is 9.89 Å². The zero-order valence-corrected chi connectivity index (χ0v) is 6.54. The first-order valence-corrected chi connectivity index (χ1v) is 4.19. The highest BCUT2D eigenvalue weighted by Gasteiger charge is 2.10. The number of anilines is 1. The quantitative estimate of drug-likeness (QED) is 0.609. The predicted molar refractivity (Wildman–Crippen MR) is 38.3 cm³/mol. The van der Waals surface area contributed by atoms with Gasteiger partial charge in [0.25, 0.3) is 0 Å². The summed E-state index contributed by atoms with van der Waals surface area (Å²) < 4.78 is 27.0. The van der Waals surface area contributed by atoms with Crippen molar-refractivity contribution in [2.45, 2.75) is 0 Å². The summed E-state index contributed by atoms with van der Waals surface area (Å²) in [6, 6.07) is 1.37. The molecule has 0 aliphatic heterocycles. The fourth-order valence-corrected chi connectivity index (χ4v) is 1.06. The minimum atomic E-state index is -4.04. The molecule has 2 N–H and O–H groups in total. The van der Waals surface area contributed by atoms with E-state index in [0.717, 1.165) is 0 Å². The molecular weight excluding hydrogens is 186 g/mol. The number of rotatable bonds is 4. The van der Waals surface area contributed by atoms with E-state index in [4.69, 9.17) is 0 Å². The van der Waals surface area contributed by atoms with E-state index in [1.807, 2.05) is 4.72 Å². The Bertz CT molecular complexity index is 342. The molecule has 0 unspecified atom stereocenters. The molecule has 1 aromatic heterocycles. The van der Waals surface area contributed by atoms with Crippen LogP contribution >= 0.6 is 0 Å². The van der Waals surface area contributed by atoms with Gasteiger partial charge < -0.3 is 4.18 Å². The largest absolute Gasteiger partial charge is 0.410 e. The van der Waals surface area contributed by atoms with E-state index in [-0.39, 0.29) is 12.3 Å². The fraction of sp³-hybridized carbons (Fsp3) is 0. The third-order valence-electron chi connectivity index (χ3n) is 0.902. The summed E-state index contributed by atoms with van der Waals surface area (Å²) in [5.74, 6) is 0.122. The molecule has 12 heavy (non-hydrogen) atoms. The monoisotopic (exact) mass is 191 g/mol. The Morgan fingerprint density at radius 1 is 1.67 bits per heavy atom. The molecule has 0 aliphatic carbocycles. The van der Waals surface area contributed by atoms with Crippen LogP contribution < -0.4 is 4.72 Å². The summed E-state index contributed by atoms with van der Waals surface area (Å²) in [6.07, 6.45) is 1.35. The summed E-state index contributed by atoms with van der Waals surface area (Å²) in [5, 5.41) is 5.79. The van der Waals surface area contributed by atoms with Crippen molar-refractivity contribution >= 4 is 22.6 Å². The number of H-pyrrole nitrogens is 1. The van der Waals surface area contributed by atoms with E-state index in [9.17, 15) is 13.2 Å². The van der Waals surface area contributed by atoms with Crippen LogP contribution in [0, 0.1) is 0 Å². The molecule has 0 radical (unpaired) electrons. The summed E-state index contributed by atoms with van der Waals surface area (Å²) in [7, 11) is -4.04. The highest BCUT2D eigenvalue weighted by molar-refractivity contribution is 7.88. The Morgan fingerprint density at radius 3 is 2.92 bits per heavy atom. The van der Waals surface area contributed by atoms with Gasteiger partial charge in [0.2, 0.25) is 0 Å². The maximum absolute atomic E-state index is 10.7. The van der Waals surface area contributed by atoms with Crippen molar-refractivity contribution in [2.24, 2.45) is 0 Å². The van der Waals surface area contributed by atoms with Crippen LogP contribution in [0.1, 0.15) is 0 Å². The number of nitrogens with zero attached hydrogens (tertiary/aromatic N) is 1. The second kappa shape index (κ2) is 3.22. The highest BCUT2D eigenvalue weighted by Crippen LogP contribution is 2.02. The molecule has 7 nitrogen and oxygen atoms in total. The normalized spacial score (nSPS) is 10.7. The second-order valence-electron chi connectivity index (χ2n) is 1.72. The SMILES string of the molecule is O=COS(=O)(=O)Nc1ccn[nH]1. The molecule has 0 fully saturated rings. The Kier molecular flexibility index (Phi) is 2.29. The van der Waals surface area contributed by atoms with E-state index in [1.54, 1.807) is 0 Å². The third-order valence-corrected chi connectivity index (χ3v) is 1.70. The maximum Gasteiger partial charge on any atom is 0.410 e. The zero-order chi connectivity index (χ0) is 9.03. The first-order valence-electron chi connectivity index (χ1n) is 2.78. The lowest BCUT2D eigenvalue weighted by Gasteiger charge is -2.00. The Morgan fingerprint density at radius 2 is 2.42 bits per heavy atom. The third kappa shape index (κ3) is 2.23. The predicted octanol–water partition coefficient (Wildman–Crippen LogP) is -0.761. The number of nitrogens with one attached hydrogen (secondary N) is 2. The van der Waals surface area contributed by atoms with Crippen LogP contribution in [0.2, 0.25) is 0 Å². The van der Waals surface area contributed by atoms with Gasteiger partial charge in [0.05, 0.1) is 6.20 Å². The molecule has 0 atom stereocenters. The molecule has 1 heterocycles. The molecule has 0 saturated carbocycles. The summed E-state index contributed by atoms with van der Waals surface area (Å²) >= 11 is 0. The van der Waals surface area contributed by atoms with Gasteiger partial charge in [-0.1, -0.05) is 0 Å². The minimum absolute atomic E-state index is 0.122. The first kappa shape index (κ1) is 8.53. The molecule has 0 saturated heterocycles. The van der Waals surface area contributed by atoms with E-state index in [0.29, 0.717) is 0 Å². The van der Waals surface area contributed by atoms with Crippen molar-refractivity contribution in [3.8, 4) is 0 Å². The standard InChI is InChI=1S/C4H5N3O4S/c8-3-11-12(9,10)7-4-1-2-5-6-4/h1-3H,(H2,5,6,7). The van der Waals surface area contributed by atoms with Gasteiger partial charge in [-0.05, 0) is 0 Å². The van der Waals surface area contributed by atoms with Gasteiger partial charge in [-0.25, -0.2) is 4.72 Å². The van der Waals surface area contributed by atoms with Gasteiger partial charge in [0.15, 0.2) is 0 Å². The van der Waals surface area contributed by atoms with E-state index >= 15 is 0 Å². The van der Waals surface area contributed by atoms with Gasteiger partial charge in [-0.15, -0.1) is 0 Å². The lowest BCUT2D eigenvalue weighted by Crippen LogP contribution is -2.15. The van der Waals surface area contributed by atoms with Crippen LogP contribution in [-0.4, -0.2) is 25.1 Å². The molecule has 8 heteroatoms. The average Bonchev–Trinajstić information content (AvgIpc) is 2.38. The van der Waals surface area contributed by atoms with Crippen molar-refractivity contribution < 1.29 is 17.4 Å². The van der Waals surface area contributed by atoms with Crippen LogP contribution in [0.5, 0.6) is 0 Å². The van der Waals surface area contributed by atoms with Crippen molar-refractivity contribution in [2.75, 3.05) is 4.72 Å². The number of carbonyl (C=O) groups excluding carboxylic acids is 1. The van der Waals surface area contributed by atoms with E-state index in [1.165, 1.54) is 12.3 Å². The first-order chi connectivity index (χ1) is 5.64. The Labute approximate surface area is 68.0 Å². The second-order valence-corrected chi connectivity index (χ2v) is 3.02. The molecule has 1 aromatic rings. The summed E-state index contributed by atoms with van der Waals surface area (Å²) in [6.45, 7) is -0.182. The van der Waals surface area contributed by atoms with Gasteiger partial charge in [0, 0.05) is 6.07 Å². The van der Waals surface area contributed by atoms with Crippen molar-refractivity contribution in [3.63, 3.8) is 0 Å². The number of carbonyl (C=O) groups is 1. The van der Waals surface area contributed by atoms with Crippen LogP contribution in [0.4, 0.5) is 5.82 Å². The number of aromatic amines is 1. The number of hydrogen-bond donors (Lipinski definition) is 2. The molecule has 0 aromatic carbocycles. The molecule has 66 valence electrons. The molecule has 1 rings (SSSR count). The van der Waals surface area contributed by atoms with Crippen LogP contribution in [0.15, 0.2) is 12.3 Å². The maximum atomic E-state index is 10.7. The minimum Gasteiger partial charge on any atom is -0.333 e. The van der Waals surface area contributed by atoms with Crippen LogP contribution in [-0.2, 0) is 19.3 Å². The summed E-state index contributed by atoms with van der Waals surface area (Å²) in [5.41, 5.74) is 0. The van der Waals surface area contributed by atoms with Gasteiger partial charge in [0.1, 0.15) is 5.82 Å². The molecule has 0 spiro atoms. The number of hydrogen-bond acceptors (Lipinski definition) is 5. The fourth-order valence-electron chi connectivity index (χ4n) is 0.523. The molecule has 0 aliphatic rings. The zero-order valence-electron chi connectivity index (χ0n) is 5.72. The Hall–Kier alpha value is -1.57. The van der Waals surface area contributed by atoms with E-state index < -0.39 is 10.3 Å². The molecular formula is C4H5N3O4S. The van der Waals surface area contributed by atoms with Crippen LogP contribution in [0.25, 0.3) is 0 Å². The summed E-state index contributed by atoms with van der Waals surface area (Å²) in [4.78, 5) is 9.68. The number of aromatic nitrogens is 2. The van der Waals surface area contributed by atoms with Gasteiger partial charge in [-0.2, -0.15) is 13.5 Å². The van der Waals surface area contributed by atoms with Crippen molar-refractivity contribution in [1.82, 2.24) is 10.2 Å². The van der Waals surface area contributed by atoms with Gasteiger partial charge >= 0.3 is 16.8 Å². The topological polar surface area (TPSA) is 101 Å². The average molecular weight is 191 g/mol. The molecule has 0 bridgehead atoms. The lowest BCUT2D eigenvalue weighted by atomic mass is 10.7. The van der Waals surface area contributed by atoms with Crippen molar-refractivity contribution in [1.29, 1.82) is 0 Å². The molecule has 0 amide bonds. The van der Waals surface area contributed by atoms with Crippen LogP contribution in [0.3, 0.4) is 0 Å². The van der Waals surface area contributed by atoms with Crippen molar-refractivity contribution in [3.05, 3.63) is 12.3 Å². The van der Waals surface area contributed by atoms with E-state index in [2.05, 4.69) is 14.4 Å². The lowest BCUT2D eigenvalue weighted by molar-refractivity contribution is -0.120. The highest BCUT2D eigenvalue weighted by atomic mass is 32.2. The smallest absolute Gasteiger partial charge is 0.333 e. The Balaban J connectivity index is 2.69.